The smallest absolute Gasteiger partial charge is 0.231 e. The van der Waals surface area contributed by atoms with Gasteiger partial charge >= 0.3 is 0 Å². The minimum atomic E-state index is -1.61. The van der Waals surface area contributed by atoms with Crippen LogP contribution in [-0.2, 0) is 20.6 Å². The van der Waals surface area contributed by atoms with Gasteiger partial charge in [-0.25, -0.2) is 9.37 Å². The Kier molecular flexibility index (Phi) is 7.88. The topological polar surface area (TPSA) is 142 Å². The fourth-order valence-electron chi connectivity index (χ4n) is 5.80. The fourth-order valence-corrected chi connectivity index (χ4v) is 5.80. The van der Waals surface area contributed by atoms with Crippen molar-refractivity contribution in [3.8, 4) is 22.8 Å². The molecule has 46 heavy (non-hydrogen) atoms. The van der Waals surface area contributed by atoms with Gasteiger partial charge in [-0.2, -0.15) is 0 Å². The number of nitrogens with two attached hydrogens (primary N) is 1. The number of pyridine rings is 2. The van der Waals surface area contributed by atoms with Gasteiger partial charge in [0, 0.05) is 41.1 Å². The Balaban J connectivity index is 1.26. The summed E-state index contributed by atoms with van der Waals surface area (Å²) < 4.78 is 25.5. The van der Waals surface area contributed by atoms with Crippen LogP contribution in [0.5, 0.6) is 11.5 Å². The van der Waals surface area contributed by atoms with Gasteiger partial charge in [0.1, 0.15) is 52.8 Å². The van der Waals surface area contributed by atoms with Crippen molar-refractivity contribution in [2.75, 3.05) is 13.2 Å². The number of ketones is 2. The minimum Gasteiger partial charge on any atom is -0.489 e. The van der Waals surface area contributed by atoms with Crippen LogP contribution in [0.3, 0.4) is 0 Å². The molecule has 2 aliphatic rings. The van der Waals surface area contributed by atoms with Crippen LogP contribution >= 0.6 is 0 Å². The monoisotopic (exact) mass is 625 g/mol. The third-order valence-electron chi connectivity index (χ3n) is 9.23. The van der Waals surface area contributed by atoms with E-state index in [-0.39, 0.29) is 48.7 Å². The lowest BCUT2D eigenvalue weighted by Crippen LogP contribution is -2.40. The molecule has 4 aromatic rings. The first kappa shape index (κ1) is 31.3. The van der Waals surface area contributed by atoms with Crippen LogP contribution in [0.15, 0.2) is 60.8 Å². The largest absolute Gasteiger partial charge is 0.489 e. The van der Waals surface area contributed by atoms with Crippen molar-refractivity contribution in [2.24, 2.45) is 11.1 Å². The lowest BCUT2D eigenvalue weighted by molar-refractivity contribution is -0.123. The molecule has 0 bridgehead atoms. The van der Waals surface area contributed by atoms with Gasteiger partial charge in [-0.1, -0.05) is 13.0 Å². The van der Waals surface area contributed by atoms with E-state index in [9.17, 15) is 23.9 Å². The van der Waals surface area contributed by atoms with E-state index in [1.165, 1.54) is 24.3 Å². The van der Waals surface area contributed by atoms with E-state index >= 15 is 0 Å². The average molecular weight is 626 g/mol. The number of halogens is 1. The van der Waals surface area contributed by atoms with E-state index in [0.717, 1.165) is 12.8 Å². The highest BCUT2D eigenvalue weighted by molar-refractivity contribution is 6.01. The third-order valence-corrected chi connectivity index (χ3v) is 9.23. The molecule has 3 N–H and O–H groups in total. The number of aromatic nitrogens is 2. The van der Waals surface area contributed by atoms with E-state index < -0.39 is 22.7 Å². The van der Waals surface area contributed by atoms with Crippen molar-refractivity contribution in [2.45, 2.75) is 63.9 Å². The zero-order valence-electron chi connectivity index (χ0n) is 26.1. The van der Waals surface area contributed by atoms with Gasteiger partial charge < -0.3 is 20.3 Å². The first-order valence-corrected chi connectivity index (χ1v) is 15.3. The highest BCUT2D eigenvalue weighted by Crippen LogP contribution is 2.48. The molecule has 3 heterocycles. The van der Waals surface area contributed by atoms with Crippen LogP contribution in [0.2, 0.25) is 0 Å². The quantitative estimate of drug-likeness (QED) is 0.194. The molecular weight excluding hydrogens is 589 g/mol. The lowest BCUT2D eigenvalue weighted by atomic mass is 9.81. The number of hydrogen-bond acceptors (Lipinski definition) is 8. The molecule has 1 amide bonds. The molecule has 1 saturated carbocycles. The molecule has 0 spiro atoms. The van der Waals surface area contributed by atoms with Gasteiger partial charge in [0.05, 0.1) is 5.69 Å². The summed E-state index contributed by atoms with van der Waals surface area (Å²) in [7, 11) is 0. The Morgan fingerprint density at radius 1 is 1.11 bits per heavy atom. The molecule has 2 aromatic carbocycles. The molecule has 238 valence electrons. The fraction of sp³-hybridized carbons (Fsp3) is 0.361. The number of carbonyl (C=O) groups excluding carboxylic acids is 3. The summed E-state index contributed by atoms with van der Waals surface area (Å²) in [6, 6.07) is 14.1. The van der Waals surface area contributed by atoms with Gasteiger partial charge in [0.25, 0.3) is 0 Å². The van der Waals surface area contributed by atoms with Gasteiger partial charge in [-0.15, -0.1) is 0 Å². The molecule has 1 aliphatic carbocycles. The number of primary amides is 1. The second-order valence-corrected chi connectivity index (χ2v) is 13.3. The molecule has 10 heteroatoms. The van der Waals surface area contributed by atoms with Gasteiger partial charge in [-0.05, 0) is 87.1 Å². The summed E-state index contributed by atoms with van der Waals surface area (Å²) in [6.07, 6.45) is 4.08. The van der Waals surface area contributed by atoms with Crippen LogP contribution in [0, 0.1) is 11.2 Å². The molecule has 0 saturated heterocycles. The van der Waals surface area contributed by atoms with Crippen LogP contribution in [0.25, 0.3) is 22.2 Å². The normalized spacial score (nSPS) is 19.2. The lowest BCUT2D eigenvalue weighted by Gasteiger charge is -2.26. The Labute approximate surface area is 266 Å². The second kappa shape index (κ2) is 11.6. The maximum absolute atomic E-state index is 13.7. The van der Waals surface area contributed by atoms with Crippen molar-refractivity contribution in [1.29, 1.82) is 0 Å². The first-order chi connectivity index (χ1) is 21.8. The average Bonchev–Trinajstić information content (AvgIpc) is 3.65. The zero-order chi connectivity index (χ0) is 32.9. The standard InChI is InChI=1S/C36H36FN3O6/c1-34(12-13-34)18-25(41)19-45-28-16-23(15-22-5-4-14-39-30(22)28)27(42)10-11-36(3,44)29-17-26-32(46-20-35(26,2)33(38)43)31(40-29)21-6-8-24(37)9-7-21/h4-9,14-17,44H,10-13,18-20H2,1-3H3,(H2,38,43)/t35-,36-/m0/s1. The summed E-state index contributed by atoms with van der Waals surface area (Å²) in [6.45, 7) is 5.17. The maximum atomic E-state index is 13.7. The number of ether oxygens (including phenoxy) is 2. The Bertz CT molecular complexity index is 1870. The number of rotatable bonds is 12. The number of Topliss-reactive ketones (excluding diaryl/α,β-unsaturated/α-hetero) is 2. The molecule has 1 fully saturated rings. The van der Waals surface area contributed by atoms with Crippen molar-refractivity contribution in [3.63, 3.8) is 0 Å². The van der Waals surface area contributed by atoms with Gasteiger partial charge in [-0.3, -0.25) is 19.4 Å². The number of aliphatic hydroxyl groups is 1. The SMILES string of the molecule is CC1(CC(=O)COc2cc(C(=O)CC[C@](C)(O)c3cc4c(c(-c5ccc(F)cc5)n3)OC[C@]4(C)C(N)=O)cc3cccnc23)CC1. The molecule has 1 aliphatic heterocycles. The summed E-state index contributed by atoms with van der Waals surface area (Å²) in [5.41, 5.74) is 5.49. The van der Waals surface area contributed by atoms with E-state index in [2.05, 4.69) is 11.9 Å². The van der Waals surface area contributed by atoms with E-state index in [1.54, 1.807) is 44.3 Å². The Hall–Kier alpha value is -4.70. The predicted octanol–water partition coefficient (Wildman–Crippen LogP) is 5.58. The van der Waals surface area contributed by atoms with Crippen molar-refractivity contribution >= 4 is 28.4 Å². The second-order valence-electron chi connectivity index (χ2n) is 13.3. The summed E-state index contributed by atoms with van der Waals surface area (Å²) in [5.74, 6) is -0.602. The number of benzene rings is 2. The summed E-state index contributed by atoms with van der Waals surface area (Å²) >= 11 is 0. The van der Waals surface area contributed by atoms with Crippen molar-refractivity contribution in [3.05, 3.63) is 83.4 Å². The van der Waals surface area contributed by atoms with Crippen molar-refractivity contribution in [1.82, 2.24) is 9.97 Å². The van der Waals surface area contributed by atoms with Crippen LogP contribution in [-0.4, -0.2) is 45.8 Å². The number of fused-ring (bicyclic) bond motifs is 2. The number of nitrogens with zero attached hydrogens (tertiary/aromatic N) is 2. The predicted molar refractivity (Wildman–Crippen MR) is 169 cm³/mol. The molecular formula is C36H36FN3O6. The summed E-state index contributed by atoms with van der Waals surface area (Å²) in [4.78, 5) is 47.7. The number of carbonyl (C=O) groups is 3. The minimum absolute atomic E-state index is 0.00320. The van der Waals surface area contributed by atoms with Gasteiger partial charge in [0.2, 0.25) is 5.91 Å². The molecule has 2 atom stereocenters. The highest BCUT2D eigenvalue weighted by Gasteiger charge is 2.45. The number of hydrogen-bond donors (Lipinski definition) is 2. The number of amides is 1. The maximum Gasteiger partial charge on any atom is 0.231 e. The van der Waals surface area contributed by atoms with Gasteiger partial charge in [0.15, 0.2) is 11.6 Å². The Morgan fingerprint density at radius 3 is 2.54 bits per heavy atom. The molecule has 6 rings (SSSR count). The van der Waals surface area contributed by atoms with E-state index in [1.807, 2.05) is 6.07 Å². The zero-order valence-corrected chi connectivity index (χ0v) is 26.1. The Morgan fingerprint density at radius 2 is 1.85 bits per heavy atom. The highest BCUT2D eigenvalue weighted by atomic mass is 19.1. The molecule has 2 aromatic heterocycles. The molecule has 9 nitrogen and oxygen atoms in total. The van der Waals surface area contributed by atoms with Crippen molar-refractivity contribution < 1.29 is 33.4 Å². The van der Waals surface area contributed by atoms with E-state index in [4.69, 9.17) is 20.2 Å². The third kappa shape index (κ3) is 6.09. The van der Waals surface area contributed by atoms with Crippen LogP contribution < -0.4 is 15.2 Å². The molecule has 0 radical (unpaired) electrons. The first-order valence-electron chi connectivity index (χ1n) is 15.3. The van der Waals surface area contributed by atoms with Crippen LogP contribution in [0.1, 0.15) is 74.5 Å². The molecule has 0 unspecified atom stereocenters. The summed E-state index contributed by atoms with van der Waals surface area (Å²) in [5, 5.41) is 12.4. The van der Waals surface area contributed by atoms with Crippen LogP contribution in [0.4, 0.5) is 4.39 Å². The van der Waals surface area contributed by atoms with E-state index in [0.29, 0.717) is 51.2 Å².